The second-order valence-electron chi connectivity index (χ2n) is 4.54. The molecule has 0 bridgehead atoms. The number of anilines is 1. The zero-order valence-corrected chi connectivity index (χ0v) is 10.3. The normalized spacial score (nSPS) is 17.9. The number of aliphatic carboxylic acids is 1. The van der Waals surface area contributed by atoms with Gasteiger partial charge in [-0.25, -0.2) is 0 Å². The van der Waals surface area contributed by atoms with Crippen LogP contribution in [0.1, 0.15) is 12.8 Å². The summed E-state index contributed by atoms with van der Waals surface area (Å²) < 4.78 is 6.40. The molecule has 104 valence electrons. The molecule has 4 N–H and O–H groups in total. The van der Waals surface area contributed by atoms with E-state index in [2.05, 4.69) is 10.4 Å². The summed E-state index contributed by atoms with van der Waals surface area (Å²) in [5.41, 5.74) is 5.52. The van der Waals surface area contributed by atoms with Crippen molar-refractivity contribution in [3.05, 3.63) is 12.4 Å². The summed E-state index contributed by atoms with van der Waals surface area (Å²) in [4.78, 5) is 22.6. The van der Waals surface area contributed by atoms with Crippen molar-refractivity contribution in [1.29, 1.82) is 0 Å². The van der Waals surface area contributed by atoms with Gasteiger partial charge in [0.2, 0.25) is 5.91 Å². The van der Waals surface area contributed by atoms with Crippen LogP contribution in [0.4, 0.5) is 5.69 Å². The van der Waals surface area contributed by atoms with Gasteiger partial charge in [-0.15, -0.1) is 0 Å². The Kier molecular flexibility index (Phi) is 3.82. The van der Waals surface area contributed by atoms with Gasteiger partial charge in [-0.05, 0) is 12.8 Å². The van der Waals surface area contributed by atoms with Crippen LogP contribution in [0.3, 0.4) is 0 Å². The molecule has 1 aromatic rings. The van der Waals surface area contributed by atoms with Gasteiger partial charge in [0, 0.05) is 19.4 Å². The molecule has 0 saturated carbocycles. The lowest BCUT2D eigenvalue weighted by Gasteiger charge is -2.31. The Bertz CT molecular complexity index is 479. The molecular formula is C11H16N4O4. The Morgan fingerprint density at radius 3 is 2.84 bits per heavy atom. The van der Waals surface area contributed by atoms with Gasteiger partial charge >= 0.3 is 5.97 Å². The highest BCUT2D eigenvalue weighted by atomic mass is 16.5. The number of carboxylic acids is 1. The largest absolute Gasteiger partial charge is 0.480 e. The number of carbonyl (C=O) groups excluding carboxylic acids is 1. The first-order valence-electron chi connectivity index (χ1n) is 5.92. The second kappa shape index (κ2) is 5.37. The molecule has 1 aliphatic rings. The van der Waals surface area contributed by atoms with Gasteiger partial charge < -0.3 is 20.9 Å². The van der Waals surface area contributed by atoms with E-state index in [1.807, 2.05) is 0 Å². The molecule has 1 aliphatic heterocycles. The number of aromatic nitrogens is 2. The molecule has 0 aromatic carbocycles. The number of amides is 1. The number of nitrogens with one attached hydrogen (secondary N) is 1. The van der Waals surface area contributed by atoms with Crippen molar-refractivity contribution in [2.24, 2.45) is 5.73 Å². The molecule has 2 heterocycles. The first-order valence-corrected chi connectivity index (χ1v) is 5.92. The lowest BCUT2D eigenvalue weighted by molar-refractivity contribution is -0.137. The second-order valence-corrected chi connectivity index (χ2v) is 4.54. The molecule has 8 nitrogen and oxygen atoms in total. The summed E-state index contributed by atoms with van der Waals surface area (Å²) in [5.74, 6) is -1.30. The standard InChI is InChI=1S/C11H16N4O4/c12-11(1-3-19-4-2-11)10(18)14-8-5-13-15(6-8)7-9(16)17/h5-6H,1-4,7,12H2,(H,14,18)(H,16,17). The van der Waals surface area contributed by atoms with E-state index in [4.69, 9.17) is 15.6 Å². The zero-order valence-electron chi connectivity index (χ0n) is 10.3. The Balaban J connectivity index is 1.98. The predicted octanol–water partition coefficient (Wildman–Crippen LogP) is -0.586. The van der Waals surface area contributed by atoms with E-state index >= 15 is 0 Å². The van der Waals surface area contributed by atoms with E-state index < -0.39 is 11.5 Å². The van der Waals surface area contributed by atoms with Crippen LogP contribution in [0.15, 0.2) is 12.4 Å². The maximum Gasteiger partial charge on any atom is 0.325 e. The van der Waals surface area contributed by atoms with Gasteiger partial charge in [0.1, 0.15) is 12.1 Å². The van der Waals surface area contributed by atoms with Gasteiger partial charge in [0.15, 0.2) is 0 Å². The molecule has 0 radical (unpaired) electrons. The third kappa shape index (κ3) is 3.30. The average molecular weight is 268 g/mol. The smallest absolute Gasteiger partial charge is 0.325 e. The summed E-state index contributed by atoms with van der Waals surface area (Å²) in [6, 6.07) is 0. The Labute approximate surface area is 109 Å². The molecule has 0 unspecified atom stereocenters. The van der Waals surface area contributed by atoms with Crippen LogP contribution in [0, 0.1) is 0 Å². The van der Waals surface area contributed by atoms with Crippen molar-refractivity contribution in [2.75, 3.05) is 18.5 Å². The number of hydrogen-bond acceptors (Lipinski definition) is 5. The Morgan fingerprint density at radius 2 is 2.21 bits per heavy atom. The molecular weight excluding hydrogens is 252 g/mol. The van der Waals surface area contributed by atoms with Crippen LogP contribution in [0.2, 0.25) is 0 Å². The molecule has 19 heavy (non-hydrogen) atoms. The number of hydrogen-bond donors (Lipinski definition) is 3. The fourth-order valence-electron chi connectivity index (χ4n) is 1.87. The highest BCUT2D eigenvalue weighted by Crippen LogP contribution is 2.19. The van der Waals surface area contributed by atoms with Gasteiger partial charge in [-0.1, -0.05) is 0 Å². The SMILES string of the molecule is NC1(C(=O)Nc2cnn(CC(=O)O)c2)CCOCC1. The van der Waals surface area contributed by atoms with Crippen LogP contribution >= 0.6 is 0 Å². The summed E-state index contributed by atoms with van der Waals surface area (Å²) in [6.45, 7) is 0.669. The first kappa shape index (κ1) is 13.5. The minimum Gasteiger partial charge on any atom is -0.480 e. The van der Waals surface area contributed by atoms with Crippen molar-refractivity contribution in [1.82, 2.24) is 9.78 Å². The minimum atomic E-state index is -0.999. The maximum atomic E-state index is 12.1. The van der Waals surface area contributed by atoms with Crippen molar-refractivity contribution >= 4 is 17.6 Å². The highest BCUT2D eigenvalue weighted by Gasteiger charge is 2.36. The lowest BCUT2D eigenvalue weighted by Crippen LogP contribution is -2.54. The molecule has 0 atom stereocenters. The number of nitrogens with zero attached hydrogens (tertiary/aromatic N) is 2. The molecule has 8 heteroatoms. The third-order valence-corrected chi connectivity index (χ3v) is 3.03. The van der Waals surface area contributed by atoms with Crippen molar-refractivity contribution < 1.29 is 19.4 Å². The highest BCUT2D eigenvalue weighted by molar-refractivity contribution is 5.97. The minimum absolute atomic E-state index is 0.253. The molecule has 1 saturated heterocycles. The van der Waals surface area contributed by atoms with Gasteiger partial charge in [-0.2, -0.15) is 5.10 Å². The maximum absolute atomic E-state index is 12.1. The Morgan fingerprint density at radius 1 is 1.53 bits per heavy atom. The number of rotatable bonds is 4. The van der Waals surface area contributed by atoms with Gasteiger partial charge in [0.25, 0.3) is 0 Å². The van der Waals surface area contributed by atoms with E-state index in [0.717, 1.165) is 0 Å². The van der Waals surface area contributed by atoms with E-state index in [0.29, 0.717) is 31.7 Å². The number of carbonyl (C=O) groups is 2. The van der Waals surface area contributed by atoms with E-state index in [1.54, 1.807) is 0 Å². The molecule has 1 fully saturated rings. The molecule has 0 spiro atoms. The summed E-state index contributed by atoms with van der Waals surface area (Å²) in [6.07, 6.45) is 3.77. The van der Waals surface area contributed by atoms with E-state index in [1.165, 1.54) is 17.1 Å². The van der Waals surface area contributed by atoms with Gasteiger partial charge in [-0.3, -0.25) is 14.3 Å². The quantitative estimate of drug-likeness (QED) is 0.671. The number of carboxylic acid groups (broad SMARTS) is 1. The molecule has 1 amide bonds. The lowest BCUT2D eigenvalue weighted by atomic mass is 9.90. The predicted molar refractivity (Wildman–Crippen MR) is 65.5 cm³/mol. The van der Waals surface area contributed by atoms with Crippen LogP contribution in [0.25, 0.3) is 0 Å². The van der Waals surface area contributed by atoms with Crippen LogP contribution in [0.5, 0.6) is 0 Å². The molecule has 1 aromatic heterocycles. The van der Waals surface area contributed by atoms with Crippen molar-refractivity contribution in [3.63, 3.8) is 0 Å². The van der Waals surface area contributed by atoms with E-state index in [9.17, 15) is 9.59 Å². The van der Waals surface area contributed by atoms with Crippen molar-refractivity contribution in [2.45, 2.75) is 24.9 Å². The Hall–Kier alpha value is -1.93. The van der Waals surface area contributed by atoms with Crippen LogP contribution in [-0.4, -0.2) is 45.5 Å². The number of nitrogens with two attached hydrogens (primary N) is 1. The summed E-state index contributed by atoms with van der Waals surface area (Å²) >= 11 is 0. The molecule has 2 rings (SSSR count). The first-order chi connectivity index (χ1) is 8.99. The van der Waals surface area contributed by atoms with E-state index in [-0.39, 0.29) is 12.5 Å². The van der Waals surface area contributed by atoms with Crippen molar-refractivity contribution in [3.8, 4) is 0 Å². The summed E-state index contributed by atoms with van der Waals surface area (Å²) in [5, 5.41) is 15.1. The van der Waals surface area contributed by atoms with Crippen LogP contribution < -0.4 is 11.1 Å². The monoisotopic (exact) mass is 268 g/mol. The van der Waals surface area contributed by atoms with Crippen LogP contribution in [-0.2, 0) is 20.9 Å². The third-order valence-electron chi connectivity index (χ3n) is 3.03. The van der Waals surface area contributed by atoms with Gasteiger partial charge in [0.05, 0.1) is 11.9 Å². The zero-order chi connectivity index (χ0) is 13.9. The topological polar surface area (TPSA) is 119 Å². The fraction of sp³-hybridized carbons (Fsp3) is 0.545. The number of ether oxygens (including phenoxy) is 1. The fourth-order valence-corrected chi connectivity index (χ4v) is 1.87. The average Bonchev–Trinajstić information content (AvgIpc) is 2.76. The summed E-state index contributed by atoms with van der Waals surface area (Å²) in [7, 11) is 0. The molecule has 0 aliphatic carbocycles.